The number of nitrogens with zero attached hydrogens (tertiary/aromatic N) is 2. The van der Waals surface area contributed by atoms with Gasteiger partial charge in [-0.15, -0.1) is 0 Å². The van der Waals surface area contributed by atoms with Gasteiger partial charge in [-0.2, -0.15) is 0 Å². The number of hydrogen-bond acceptors (Lipinski definition) is 4. The first-order valence-electron chi connectivity index (χ1n) is 11.3. The first-order valence-corrected chi connectivity index (χ1v) is 11.7. The van der Waals surface area contributed by atoms with Gasteiger partial charge in [0.05, 0.1) is 17.6 Å². The van der Waals surface area contributed by atoms with Gasteiger partial charge in [0.15, 0.2) is 6.61 Å². The molecule has 176 valence electrons. The summed E-state index contributed by atoms with van der Waals surface area (Å²) in [5.74, 6) is 2.23. The van der Waals surface area contributed by atoms with Crippen LogP contribution in [0.25, 0.3) is 11.0 Å². The van der Waals surface area contributed by atoms with Gasteiger partial charge in [-0.1, -0.05) is 35.9 Å². The Labute approximate surface area is 204 Å². The van der Waals surface area contributed by atoms with Crippen LogP contribution in [0.4, 0.5) is 0 Å². The molecule has 1 heterocycles. The van der Waals surface area contributed by atoms with Crippen LogP contribution in [-0.4, -0.2) is 35.2 Å². The average molecular weight is 478 g/mol. The Bertz CT molecular complexity index is 1270. The lowest BCUT2D eigenvalue weighted by Gasteiger charge is -2.13. The molecule has 0 aliphatic rings. The summed E-state index contributed by atoms with van der Waals surface area (Å²) in [6.45, 7) is 5.70. The maximum atomic E-state index is 12.2. The molecule has 0 spiro atoms. The maximum Gasteiger partial charge on any atom is 0.257 e. The van der Waals surface area contributed by atoms with E-state index in [1.165, 1.54) is 5.56 Å². The zero-order valence-corrected chi connectivity index (χ0v) is 20.1. The van der Waals surface area contributed by atoms with Crippen molar-refractivity contribution in [2.45, 2.75) is 26.8 Å². The number of amides is 1. The highest BCUT2D eigenvalue weighted by Gasteiger charge is 2.12. The molecule has 0 aliphatic heterocycles. The molecular formula is C27H28ClN3O3. The zero-order chi connectivity index (χ0) is 23.9. The second kappa shape index (κ2) is 11.1. The fraction of sp³-hybridized carbons (Fsp3) is 0.259. The quantitative estimate of drug-likeness (QED) is 0.344. The van der Waals surface area contributed by atoms with Gasteiger partial charge in [-0.05, 0) is 67.4 Å². The number of imidazole rings is 1. The molecular weight excluding hydrogens is 450 g/mol. The Morgan fingerprint density at radius 2 is 1.82 bits per heavy atom. The fourth-order valence-corrected chi connectivity index (χ4v) is 3.85. The summed E-state index contributed by atoms with van der Waals surface area (Å²) in [4.78, 5) is 17.0. The molecule has 4 aromatic rings. The van der Waals surface area contributed by atoms with Crippen LogP contribution in [0.1, 0.15) is 17.0 Å². The number of aryl methyl sites for hydroxylation is 2. The third-order valence-electron chi connectivity index (χ3n) is 5.50. The Morgan fingerprint density at radius 3 is 2.65 bits per heavy atom. The summed E-state index contributed by atoms with van der Waals surface area (Å²) >= 11 is 5.87. The number of benzene rings is 3. The zero-order valence-electron chi connectivity index (χ0n) is 19.4. The summed E-state index contributed by atoms with van der Waals surface area (Å²) < 4.78 is 13.7. The monoisotopic (exact) mass is 477 g/mol. The molecule has 1 N–H and O–H groups in total. The molecule has 34 heavy (non-hydrogen) atoms. The Balaban J connectivity index is 1.34. The van der Waals surface area contributed by atoms with E-state index in [1.807, 2.05) is 25.1 Å². The van der Waals surface area contributed by atoms with Crippen LogP contribution in [0.15, 0.2) is 66.7 Å². The first-order chi connectivity index (χ1) is 16.5. The minimum atomic E-state index is -0.184. The molecule has 0 atom stereocenters. The molecule has 7 heteroatoms. The smallest absolute Gasteiger partial charge is 0.257 e. The molecule has 0 saturated heterocycles. The molecule has 0 saturated carbocycles. The predicted octanol–water partition coefficient (Wildman–Crippen LogP) is 5.12. The topological polar surface area (TPSA) is 65.4 Å². The summed E-state index contributed by atoms with van der Waals surface area (Å²) in [6, 6.07) is 21.2. The van der Waals surface area contributed by atoms with E-state index < -0.39 is 0 Å². The molecule has 0 radical (unpaired) electrons. The van der Waals surface area contributed by atoms with Gasteiger partial charge < -0.3 is 19.4 Å². The van der Waals surface area contributed by atoms with E-state index in [9.17, 15) is 4.79 Å². The van der Waals surface area contributed by atoms with E-state index in [-0.39, 0.29) is 12.5 Å². The normalized spacial score (nSPS) is 10.9. The van der Waals surface area contributed by atoms with Gasteiger partial charge in [0.1, 0.15) is 23.9 Å². The Morgan fingerprint density at radius 1 is 1.03 bits per heavy atom. The molecule has 3 aromatic carbocycles. The van der Waals surface area contributed by atoms with Crippen molar-refractivity contribution in [3.8, 4) is 11.5 Å². The van der Waals surface area contributed by atoms with Gasteiger partial charge in [-0.25, -0.2) is 4.98 Å². The van der Waals surface area contributed by atoms with Crippen molar-refractivity contribution in [3.63, 3.8) is 0 Å². The fourth-order valence-electron chi connectivity index (χ4n) is 3.72. The highest BCUT2D eigenvalue weighted by Crippen LogP contribution is 2.20. The molecule has 6 nitrogen and oxygen atoms in total. The lowest BCUT2D eigenvalue weighted by Crippen LogP contribution is -2.31. The van der Waals surface area contributed by atoms with Crippen molar-refractivity contribution < 1.29 is 14.3 Å². The Hall–Kier alpha value is -3.51. The number of halogens is 1. The summed E-state index contributed by atoms with van der Waals surface area (Å²) in [6.07, 6.45) is 0.602. The minimum absolute atomic E-state index is 0.0538. The van der Waals surface area contributed by atoms with Gasteiger partial charge in [-0.3, -0.25) is 4.79 Å². The number of ether oxygens (including phenoxy) is 2. The predicted molar refractivity (Wildman–Crippen MR) is 135 cm³/mol. The van der Waals surface area contributed by atoms with E-state index >= 15 is 0 Å². The van der Waals surface area contributed by atoms with Crippen LogP contribution < -0.4 is 14.8 Å². The lowest BCUT2D eigenvalue weighted by atomic mass is 10.1. The number of fused-ring (bicyclic) bond motifs is 1. The van der Waals surface area contributed by atoms with Crippen molar-refractivity contribution in [3.05, 3.63) is 88.7 Å². The van der Waals surface area contributed by atoms with Gasteiger partial charge in [0.25, 0.3) is 5.91 Å². The van der Waals surface area contributed by atoms with Crippen LogP contribution in [0.5, 0.6) is 11.5 Å². The van der Waals surface area contributed by atoms with E-state index in [4.69, 9.17) is 26.1 Å². The van der Waals surface area contributed by atoms with Crippen LogP contribution >= 0.6 is 11.6 Å². The maximum absolute atomic E-state index is 12.2. The number of carbonyl (C=O) groups excluding carboxylic acids is 1. The van der Waals surface area contributed by atoms with E-state index in [2.05, 4.69) is 41.1 Å². The molecule has 0 bridgehead atoms. The van der Waals surface area contributed by atoms with Gasteiger partial charge in [0.2, 0.25) is 0 Å². The molecule has 0 fully saturated rings. The second-order valence-corrected chi connectivity index (χ2v) is 8.56. The minimum Gasteiger partial charge on any atom is -0.491 e. The van der Waals surface area contributed by atoms with Crippen molar-refractivity contribution in [1.29, 1.82) is 0 Å². The van der Waals surface area contributed by atoms with Crippen molar-refractivity contribution >= 4 is 28.5 Å². The molecule has 1 amide bonds. The molecule has 4 rings (SSSR count). The summed E-state index contributed by atoms with van der Waals surface area (Å²) in [7, 11) is 0. The first kappa shape index (κ1) is 23.6. The average Bonchev–Trinajstić information content (AvgIpc) is 3.18. The highest BCUT2D eigenvalue weighted by atomic mass is 35.5. The van der Waals surface area contributed by atoms with Crippen molar-refractivity contribution in [1.82, 2.24) is 14.9 Å². The summed E-state index contributed by atoms with van der Waals surface area (Å²) in [5, 5.41) is 3.53. The number of carbonyl (C=O) groups is 1. The van der Waals surface area contributed by atoms with Crippen LogP contribution in [0, 0.1) is 13.8 Å². The number of rotatable bonds is 10. The largest absolute Gasteiger partial charge is 0.491 e. The highest BCUT2D eigenvalue weighted by molar-refractivity contribution is 6.30. The number of nitrogens with one attached hydrogen (secondary N) is 1. The number of aromatic nitrogens is 2. The lowest BCUT2D eigenvalue weighted by molar-refractivity contribution is -0.123. The number of hydrogen-bond donors (Lipinski definition) is 1. The Kier molecular flexibility index (Phi) is 7.70. The molecule has 0 unspecified atom stereocenters. The number of para-hydroxylation sites is 2. The van der Waals surface area contributed by atoms with Crippen LogP contribution in [0.3, 0.4) is 0 Å². The summed E-state index contributed by atoms with van der Waals surface area (Å²) in [5.41, 5.74) is 4.27. The van der Waals surface area contributed by atoms with E-state index in [0.717, 1.165) is 28.2 Å². The standard InChI is InChI=1S/C27H28ClN3O3/c1-19-7-8-20(2)25(17-19)33-16-15-31-24-6-4-3-5-23(24)30-26(31)13-14-29-27(32)18-34-22-11-9-21(28)10-12-22/h3-12,17H,13-16,18H2,1-2H3,(H,29,32). The molecule has 1 aromatic heterocycles. The van der Waals surface area contributed by atoms with Gasteiger partial charge in [0, 0.05) is 18.0 Å². The van der Waals surface area contributed by atoms with Crippen LogP contribution in [-0.2, 0) is 17.8 Å². The van der Waals surface area contributed by atoms with Crippen molar-refractivity contribution in [2.75, 3.05) is 19.8 Å². The SMILES string of the molecule is Cc1ccc(C)c(OCCn2c(CCNC(=O)COc3ccc(Cl)cc3)nc3ccccc32)c1. The second-order valence-electron chi connectivity index (χ2n) is 8.13. The van der Waals surface area contributed by atoms with E-state index in [1.54, 1.807) is 24.3 Å². The van der Waals surface area contributed by atoms with Crippen molar-refractivity contribution in [2.24, 2.45) is 0 Å². The van der Waals surface area contributed by atoms with Gasteiger partial charge >= 0.3 is 0 Å². The van der Waals surface area contributed by atoms with Crippen LogP contribution in [0.2, 0.25) is 5.02 Å². The van der Waals surface area contributed by atoms with E-state index in [0.29, 0.717) is 36.9 Å². The third kappa shape index (κ3) is 6.08. The molecule has 0 aliphatic carbocycles. The third-order valence-corrected chi connectivity index (χ3v) is 5.76.